The van der Waals surface area contributed by atoms with E-state index in [9.17, 15) is 4.79 Å². The zero-order valence-electron chi connectivity index (χ0n) is 7.57. The van der Waals surface area contributed by atoms with E-state index in [1.807, 2.05) is 13.8 Å². The molecule has 1 aromatic heterocycles. The number of hydrogen-bond donors (Lipinski definition) is 1. The smallest absolute Gasteiger partial charge is 0.262 e. The number of rotatable bonds is 1. The molecule has 1 aliphatic rings. The SMILES string of the molecule is CC(C)n1ncc2c1OCC(=O)N2. The van der Waals surface area contributed by atoms with Crippen molar-refractivity contribution >= 4 is 11.6 Å². The van der Waals surface area contributed by atoms with Gasteiger partial charge < -0.3 is 10.1 Å². The summed E-state index contributed by atoms with van der Waals surface area (Å²) in [6.07, 6.45) is 1.60. The van der Waals surface area contributed by atoms with Gasteiger partial charge in [0.05, 0.1) is 12.2 Å². The van der Waals surface area contributed by atoms with Crippen LogP contribution >= 0.6 is 0 Å². The molecule has 0 radical (unpaired) electrons. The van der Waals surface area contributed by atoms with E-state index in [0.717, 1.165) is 0 Å². The molecule has 2 heterocycles. The first-order valence-corrected chi connectivity index (χ1v) is 4.18. The van der Waals surface area contributed by atoms with Gasteiger partial charge in [-0.2, -0.15) is 5.10 Å². The molecule has 1 N–H and O–H groups in total. The number of ether oxygens (including phenoxy) is 1. The van der Waals surface area contributed by atoms with Gasteiger partial charge >= 0.3 is 0 Å². The molecule has 0 bridgehead atoms. The summed E-state index contributed by atoms with van der Waals surface area (Å²) in [5, 5.41) is 6.80. The molecule has 1 amide bonds. The van der Waals surface area contributed by atoms with Crippen molar-refractivity contribution in [3.05, 3.63) is 6.20 Å². The highest BCUT2D eigenvalue weighted by atomic mass is 16.5. The maximum Gasteiger partial charge on any atom is 0.262 e. The maximum absolute atomic E-state index is 10.9. The van der Waals surface area contributed by atoms with Crippen LogP contribution in [0.3, 0.4) is 0 Å². The Bertz CT molecular complexity index is 343. The second-order valence-electron chi connectivity index (χ2n) is 3.24. The molecule has 0 spiro atoms. The van der Waals surface area contributed by atoms with Gasteiger partial charge in [-0.3, -0.25) is 4.79 Å². The summed E-state index contributed by atoms with van der Waals surface area (Å²) < 4.78 is 7.00. The molecular weight excluding hydrogens is 170 g/mol. The molecule has 0 unspecified atom stereocenters. The van der Waals surface area contributed by atoms with Crippen LogP contribution < -0.4 is 10.1 Å². The first-order chi connectivity index (χ1) is 6.18. The third-order valence-electron chi connectivity index (χ3n) is 1.85. The molecule has 5 nitrogen and oxygen atoms in total. The lowest BCUT2D eigenvalue weighted by Gasteiger charge is -2.17. The normalized spacial score (nSPS) is 15.2. The van der Waals surface area contributed by atoms with Gasteiger partial charge in [-0.1, -0.05) is 0 Å². The summed E-state index contributed by atoms with van der Waals surface area (Å²) in [6.45, 7) is 4.09. The molecule has 0 aromatic carbocycles. The summed E-state index contributed by atoms with van der Waals surface area (Å²) in [5.41, 5.74) is 0.657. The van der Waals surface area contributed by atoms with Crippen LogP contribution in [-0.4, -0.2) is 22.3 Å². The van der Waals surface area contributed by atoms with Crippen LogP contribution in [0, 0.1) is 0 Å². The van der Waals surface area contributed by atoms with Gasteiger partial charge in [0.2, 0.25) is 5.88 Å². The lowest BCUT2D eigenvalue weighted by atomic mass is 10.4. The van der Waals surface area contributed by atoms with Crippen LogP contribution in [0.2, 0.25) is 0 Å². The number of carbonyl (C=O) groups excluding carboxylic acids is 1. The fraction of sp³-hybridized carbons (Fsp3) is 0.500. The van der Waals surface area contributed by atoms with Crippen LogP contribution in [0.5, 0.6) is 5.88 Å². The Morgan fingerprint density at radius 3 is 3.15 bits per heavy atom. The van der Waals surface area contributed by atoms with Crippen molar-refractivity contribution in [1.29, 1.82) is 0 Å². The summed E-state index contributed by atoms with van der Waals surface area (Å²) in [5.74, 6) is 0.519. The number of anilines is 1. The third kappa shape index (κ3) is 1.26. The zero-order valence-corrected chi connectivity index (χ0v) is 7.57. The Labute approximate surface area is 75.7 Å². The molecule has 1 aromatic rings. The molecule has 13 heavy (non-hydrogen) atoms. The Kier molecular flexibility index (Phi) is 1.72. The minimum atomic E-state index is -0.129. The van der Waals surface area contributed by atoms with Crippen molar-refractivity contribution in [3.8, 4) is 5.88 Å². The van der Waals surface area contributed by atoms with Crippen molar-refractivity contribution in [2.45, 2.75) is 19.9 Å². The number of nitrogens with zero attached hydrogens (tertiary/aromatic N) is 2. The van der Waals surface area contributed by atoms with E-state index >= 15 is 0 Å². The summed E-state index contributed by atoms with van der Waals surface area (Å²) in [6, 6.07) is 0.235. The zero-order chi connectivity index (χ0) is 9.42. The van der Waals surface area contributed by atoms with Gasteiger partial charge in [-0.15, -0.1) is 0 Å². The average molecular weight is 181 g/mol. The number of nitrogens with one attached hydrogen (secondary N) is 1. The molecule has 0 saturated carbocycles. The largest absolute Gasteiger partial charge is 0.466 e. The third-order valence-corrected chi connectivity index (χ3v) is 1.85. The number of aromatic nitrogens is 2. The number of carbonyl (C=O) groups is 1. The number of amides is 1. The fourth-order valence-corrected chi connectivity index (χ4v) is 1.27. The lowest BCUT2D eigenvalue weighted by molar-refractivity contribution is -0.118. The lowest BCUT2D eigenvalue weighted by Crippen LogP contribution is -2.26. The molecule has 0 fully saturated rings. The maximum atomic E-state index is 10.9. The first-order valence-electron chi connectivity index (χ1n) is 4.18. The molecule has 0 atom stereocenters. The highest BCUT2D eigenvalue weighted by Crippen LogP contribution is 2.29. The standard InChI is InChI=1S/C8H11N3O2/c1-5(2)11-8-6(3-9-11)10-7(12)4-13-8/h3,5H,4H2,1-2H3,(H,10,12). The molecule has 70 valence electrons. The van der Waals surface area contributed by atoms with Gasteiger partial charge in [0.25, 0.3) is 5.91 Å². The van der Waals surface area contributed by atoms with Gasteiger partial charge in [0.1, 0.15) is 5.69 Å². The second kappa shape index (κ2) is 2.76. The molecule has 1 aliphatic heterocycles. The van der Waals surface area contributed by atoms with E-state index in [1.54, 1.807) is 10.9 Å². The quantitative estimate of drug-likeness (QED) is 0.697. The number of fused-ring (bicyclic) bond motifs is 1. The van der Waals surface area contributed by atoms with Crippen LogP contribution in [0.15, 0.2) is 6.20 Å². The fourth-order valence-electron chi connectivity index (χ4n) is 1.27. The summed E-state index contributed by atoms with van der Waals surface area (Å²) in [4.78, 5) is 10.9. The average Bonchev–Trinajstić information content (AvgIpc) is 2.46. The van der Waals surface area contributed by atoms with E-state index in [1.165, 1.54) is 0 Å². The minimum absolute atomic E-state index is 0.0748. The Morgan fingerprint density at radius 1 is 1.69 bits per heavy atom. The number of hydrogen-bond acceptors (Lipinski definition) is 3. The van der Waals surface area contributed by atoms with E-state index in [4.69, 9.17) is 4.74 Å². The predicted octanol–water partition coefficient (Wildman–Crippen LogP) is 0.795. The van der Waals surface area contributed by atoms with Crippen LogP contribution in [0.4, 0.5) is 5.69 Å². The van der Waals surface area contributed by atoms with Crippen molar-refractivity contribution in [1.82, 2.24) is 9.78 Å². The Morgan fingerprint density at radius 2 is 2.46 bits per heavy atom. The van der Waals surface area contributed by atoms with Gasteiger partial charge in [-0.25, -0.2) is 4.68 Å². The van der Waals surface area contributed by atoms with Crippen molar-refractivity contribution in [2.75, 3.05) is 11.9 Å². The van der Waals surface area contributed by atoms with Crippen LogP contribution in [0.1, 0.15) is 19.9 Å². The highest BCUT2D eigenvalue weighted by Gasteiger charge is 2.21. The van der Waals surface area contributed by atoms with Crippen LogP contribution in [0.25, 0.3) is 0 Å². The monoisotopic (exact) mass is 181 g/mol. The van der Waals surface area contributed by atoms with Gasteiger partial charge in [-0.05, 0) is 13.8 Å². The van der Waals surface area contributed by atoms with Gasteiger partial charge in [0, 0.05) is 0 Å². The predicted molar refractivity (Wildman–Crippen MR) is 46.7 cm³/mol. The Balaban J connectivity index is 2.38. The van der Waals surface area contributed by atoms with E-state index in [-0.39, 0.29) is 18.6 Å². The molecule has 0 saturated heterocycles. The minimum Gasteiger partial charge on any atom is -0.466 e. The summed E-state index contributed by atoms with van der Waals surface area (Å²) in [7, 11) is 0. The summed E-state index contributed by atoms with van der Waals surface area (Å²) >= 11 is 0. The molecule has 2 rings (SSSR count). The van der Waals surface area contributed by atoms with Gasteiger partial charge in [0.15, 0.2) is 6.61 Å². The molecule has 0 aliphatic carbocycles. The molecule has 5 heteroatoms. The van der Waals surface area contributed by atoms with Crippen molar-refractivity contribution < 1.29 is 9.53 Å². The topological polar surface area (TPSA) is 56.2 Å². The van der Waals surface area contributed by atoms with E-state index in [2.05, 4.69) is 10.4 Å². The van der Waals surface area contributed by atoms with Crippen LogP contribution in [-0.2, 0) is 4.79 Å². The van der Waals surface area contributed by atoms with Crippen molar-refractivity contribution in [3.63, 3.8) is 0 Å². The highest BCUT2D eigenvalue weighted by molar-refractivity contribution is 5.94. The Hall–Kier alpha value is -1.52. The van der Waals surface area contributed by atoms with Crippen molar-refractivity contribution in [2.24, 2.45) is 0 Å². The first kappa shape index (κ1) is 8.10. The second-order valence-corrected chi connectivity index (χ2v) is 3.24. The molecular formula is C8H11N3O2. The van der Waals surface area contributed by atoms with E-state index < -0.39 is 0 Å². The van der Waals surface area contributed by atoms with E-state index in [0.29, 0.717) is 11.6 Å².